The van der Waals surface area contributed by atoms with Gasteiger partial charge in [0.05, 0.1) is 16.7 Å². The van der Waals surface area contributed by atoms with Crippen LogP contribution in [0.4, 0.5) is 10.2 Å². The topological polar surface area (TPSA) is 82.2 Å². The smallest absolute Gasteiger partial charge is 0.319 e. The first-order chi connectivity index (χ1) is 18.5. The van der Waals surface area contributed by atoms with Crippen LogP contribution in [-0.4, -0.2) is 76.5 Å². The second-order valence-corrected chi connectivity index (χ2v) is 11.4. The second kappa shape index (κ2) is 9.32. The fourth-order valence-electron chi connectivity index (χ4n) is 6.48. The highest BCUT2D eigenvalue weighted by molar-refractivity contribution is 6.35. The maximum absolute atomic E-state index is 16.6. The predicted octanol–water partition coefficient (Wildman–Crippen LogP) is 4.69. The molecule has 4 aromatic rings. The SMILES string of the molecule is Cc1ccc2[nH]ncc2c1-c1c(Cl)cc2c(N3C[C@H]4CC[C@@H](C3)N4)nc(OC[C@@H]3CCCN3C)nc2c1F. The molecule has 2 bridgehead atoms. The molecule has 2 aromatic carbocycles. The zero-order valence-corrected chi connectivity index (χ0v) is 22.4. The number of nitrogens with zero attached hydrogens (tertiary/aromatic N) is 5. The lowest BCUT2D eigenvalue weighted by Crippen LogP contribution is -2.51. The van der Waals surface area contributed by atoms with Gasteiger partial charge in [-0.05, 0) is 63.9 Å². The molecule has 8 nitrogen and oxygen atoms in total. The van der Waals surface area contributed by atoms with E-state index in [1.807, 2.05) is 25.1 Å². The van der Waals surface area contributed by atoms with Gasteiger partial charge in [0.2, 0.25) is 0 Å². The number of aromatic nitrogens is 4. The Bertz CT molecular complexity index is 1530. The molecule has 3 atom stereocenters. The molecule has 198 valence electrons. The standard InChI is InChI=1S/C28H31ClFN7O/c1-15-5-8-22-20(11-31-35-22)23(15)24-21(29)10-19-26(25(24)30)33-28(38-14-18-4-3-9-36(18)2)34-27(19)37-12-16-6-7-17(13-37)32-16/h5,8,10-11,16-18,32H,3-4,6-7,9,12-14H2,1-2H3,(H,31,35)/t16-,17+,18-/m0/s1. The lowest BCUT2D eigenvalue weighted by Gasteiger charge is -2.34. The van der Waals surface area contributed by atoms with Crippen LogP contribution in [0.1, 0.15) is 31.2 Å². The van der Waals surface area contributed by atoms with Gasteiger partial charge in [-0.1, -0.05) is 17.7 Å². The zero-order chi connectivity index (χ0) is 26.0. The molecule has 0 spiro atoms. The van der Waals surface area contributed by atoms with Crippen LogP contribution in [0.25, 0.3) is 32.9 Å². The van der Waals surface area contributed by atoms with Crippen LogP contribution in [0, 0.1) is 12.7 Å². The molecule has 3 aliphatic rings. The quantitative estimate of drug-likeness (QED) is 0.384. The largest absolute Gasteiger partial charge is 0.462 e. The van der Waals surface area contributed by atoms with Gasteiger partial charge in [0, 0.05) is 53.1 Å². The zero-order valence-electron chi connectivity index (χ0n) is 21.6. The van der Waals surface area contributed by atoms with E-state index in [2.05, 4.69) is 37.3 Å². The number of halogens is 2. The third-order valence-electron chi connectivity index (χ3n) is 8.52. The van der Waals surface area contributed by atoms with E-state index in [0.717, 1.165) is 67.3 Å². The first-order valence-corrected chi connectivity index (χ1v) is 13.8. The molecule has 0 aliphatic carbocycles. The van der Waals surface area contributed by atoms with Gasteiger partial charge >= 0.3 is 6.01 Å². The predicted molar refractivity (Wildman–Crippen MR) is 148 cm³/mol. The first-order valence-electron chi connectivity index (χ1n) is 13.4. The van der Waals surface area contributed by atoms with Crippen molar-refractivity contribution in [1.29, 1.82) is 0 Å². The molecule has 38 heavy (non-hydrogen) atoms. The minimum absolute atomic E-state index is 0.212. The number of fused-ring (bicyclic) bond motifs is 4. The molecule has 2 N–H and O–H groups in total. The second-order valence-electron chi connectivity index (χ2n) is 11.0. The summed E-state index contributed by atoms with van der Waals surface area (Å²) in [6.45, 7) is 5.10. The molecule has 3 fully saturated rings. The van der Waals surface area contributed by atoms with E-state index in [1.165, 1.54) is 0 Å². The van der Waals surface area contributed by atoms with E-state index in [9.17, 15) is 0 Å². The van der Waals surface area contributed by atoms with Crippen molar-refractivity contribution < 1.29 is 9.13 Å². The number of aryl methyl sites for hydroxylation is 1. The lowest BCUT2D eigenvalue weighted by molar-refractivity contribution is 0.188. The van der Waals surface area contributed by atoms with Crippen molar-refractivity contribution in [1.82, 2.24) is 30.4 Å². The normalized spacial score (nSPS) is 23.7. The van der Waals surface area contributed by atoms with E-state index in [0.29, 0.717) is 46.5 Å². The summed E-state index contributed by atoms with van der Waals surface area (Å²) in [4.78, 5) is 14.0. The van der Waals surface area contributed by atoms with Gasteiger partial charge in [0.25, 0.3) is 0 Å². The van der Waals surface area contributed by atoms with Crippen LogP contribution in [0.3, 0.4) is 0 Å². The molecule has 0 unspecified atom stereocenters. The van der Waals surface area contributed by atoms with Crippen LogP contribution in [0.2, 0.25) is 5.02 Å². The molecule has 3 aliphatic heterocycles. The monoisotopic (exact) mass is 535 g/mol. The summed E-state index contributed by atoms with van der Waals surface area (Å²) in [7, 11) is 2.11. The van der Waals surface area contributed by atoms with Crippen molar-refractivity contribution in [3.8, 4) is 17.1 Å². The van der Waals surface area contributed by atoms with E-state index in [-0.39, 0.29) is 11.5 Å². The van der Waals surface area contributed by atoms with Gasteiger partial charge in [0.1, 0.15) is 17.9 Å². The van der Waals surface area contributed by atoms with Crippen LogP contribution < -0.4 is 15.0 Å². The van der Waals surface area contributed by atoms with Crippen LogP contribution in [0.15, 0.2) is 24.4 Å². The number of anilines is 1. The number of H-pyrrole nitrogens is 1. The van der Waals surface area contributed by atoms with E-state index >= 15 is 4.39 Å². The highest BCUT2D eigenvalue weighted by atomic mass is 35.5. The number of ether oxygens (including phenoxy) is 1. The van der Waals surface area contributed by atoms with Crippen LogP contribution in [-0.2, 0) is 0 Å². The summed E-state index contributed by atoms with van der Waals surface area (Å²) in [5.74, 6) is 0.225. The number of likely N-dealkylation sites (tertiary alicyclic amines) is 1. The average Bonchev–Trinajstić information content (AvgIpc) is 3.63. The fraction of sp³-hybridized carbons (Fsp3) is 0.464. The number of hydrogen-bond acceptors (Lipinski definition) is 7. The van der Waals surface area contributed by atoms with Crippen molar-refractivity contribution >= 4 is 39.2 Å². The number of piperazine rings is 1. The molecular weight excluding hydrogens is 505 g/mol. The Morgan fingerprint density at radius 3 is 2.68 bits per heavy atom. The third-order valence-corrected chi connectivity index (χ3v) is 8.82. The van der Waals surface area contributed by atoms with E-state index in [4.69, 9.17) is 21.3 Å². The lowest BCUT2D eigenvalue weighted by atomic mass is 9.95. The molecule has 10 heteroatoms. The average molecular weight is 536 g/mol. The van der Waals surface area contributed by atoms with Crippen LogP contribution in [0.5, 0.6) is 6.01 Å². The Morgan fingerprint density at radius 2 is 1.92 bits per heavy atom. The summed E-state index contributed by atoms with van der Waals surface area (Å²) in [6, 6.07) is 7.03. The number of aromatic amines is 1. The first kappa shape index (κ1) is 24.1. The Hall–Kier alpha value is -3.01. The highest BCUT2D eigenvalue weighted by Gasteiger charge is 2.34. The minimum atomic E-state index is -0.464. The number of rotatable bonds is 5. The molecule has 5 heterocycles. The molecule has 7 rings (SSSR count). The molecule has 2 aromatic heterocycles. The Balaban J connectivity index is 1.39. The molecule has 0 amide bonds. The summed E-state index contributed by atoms with van der Waals surface area (Å²) in [6.07, 6.45) is 6.20. The maximum atomic E-state index is 16.6. The minimum Gasteiger partial charge on any atom is -0.462 e. The molecule has 3 saturated heterocycles. The highest BCUT2D eigenvalue weighted by Crippen LogP contribution is 2.42. The van der Waals surface area contributed by atoms with Crippen molar-refractivity contribution in [3.05, 3.63) is 40.8 Å². The summed E-state index contributed by atoms with van der Waals surface area (Å²) < 4.78 is 22.8. The number of likely N-dealkylation sites (N-methyl/N-ethyl adjacent to an activating group) is 1. The Labute approximate surface area is 225 Å². The van der Waals surface area contributed by atoms with E-state index < -0.39 is 5.82 Å². The number of benzene rings is 2. The Kier molecular flexibility index (Phi) is 5.90. The van der Waals surface area contributed by atoms with Gasteiger partial charge < -0.3 is 19.9 Å². The number of hydrogen-bond donors (Lipinski definition) is 2. The third kappa shape index (κ3) is 3.99. The van der Waals surface area contributed by atoms with Gasteiger partial charge in [-0.25, -0.2) is 4.39 Å². The summed E-state index contributed by atoms with van der Waals surface area (Å²) >= 11 is 6.87. The van der Waals surface area contributed by atoms with Crippen LogP contribution >= 0.6 is 11.6 Å². The maximum Gasteiger partial charge on any atom is 0.319 e. The summed E-state index contributed by atoms with van der Waals surface area (Å²) in [5, 5.41) is 12.6. The van der Waals surface area contributed by atoms with Gasteiger partial charge in [-0.2, -0.15) is 15.1 Å². The summed E-state index contributed by atoms with van der Waals surface area (Å²) in [5.41, 5.74) is 3.01. The van der Waals surface area contributed by atoms with Crippen molar-refractivity contribution in [2.75, 3.05) is 38.2 Å². The van der Waals surface area contributed by atoms with E-state index in [1.54, 1.807) is 6.20 Å². The Morgan fingerprint density at radius 1 is 1.11 bits per heavy atom. The van der Waals surface area contributed by atoms with Crippen molar-refractivity contribution in [2.24, 2.45) is 0 Å². The molecular formula is C28H31ClFN7O. The van der Waals surface area contributed by atoms with Gasteiger partial charge in [0.15, 0.2) is 5.82 Å². The van der Waals surface area contributed by atoms with Gasteiger partial charge in [-0.3, -0.25) is 5.10 Å². The molecule has 0 radical (unpaired) electrons. The van der Waals surface area contributed by atoms with Crippen molar-refractivity contribution in [3.63, 3.8) is 0 Å². The molecule has 0 saturated carbocycles. The van der Waals surface area contributed by atoms with Crippen molar-refractivity contribution in [2.45, 2.75) is 50.7 Å². The van der Waals surface area contributed by atoms with Gasteiger partial charge in [-0.15, -0.1) is 0 Å². The number of nitrogens with one attached hydrogen (secondary N) is 2. The fourth-order valence-corrected chi connectivity index (χ4v) is 6.77.